The van der Waals surface area contributed by atoms with Crippen molar-refractivity contribution in [1.29, 1.82) is 0 Å². The summed E-state index contributed by atoms with van der Waals surface area (Å²) >= 11 is 0. The van der Waals surface area contributed by atoms with E-state index in [2.05, 4.69) is 10.1 Å². The van der Waals surface area contributed by atoms with Crippen molar-refractivity contribution in [2.75, 3.05) is 0 Å². The lowest BCUT2D eigenvalue weighted by Gasteiger charge is -2.16. The molecule has 0 fully saturated rings. The minimum atomic E-state index is -4.96. The first-order valence-corrected chi connectivity index (χ1v) is 10.7. The van der Waals surface area contributed by atoms with Crippen LogP contribution < -0.4 is 11.5 Å². The molecule has 4 N–H and O–H groups in total. The lowest BCUT2D eigenvalue weighted by atomic mass is 9.92. The van der Waals surface area contributed by atoms with Crippen molar-refractivity contribution in [2.45, 2.75) is 26.6 Å². The van der Waals surface area contributed by atoms with Crippen LogP contribution in [0.2, 0.25) is 0 Å². The van der Waals surface area contributed by atoms with Gasteiger partial charge in [-0.15, -0.1) is 0 Å². The van der Waals surface area contributed by atoms with Gasteiger partial charge in [0.2, 0.25) is 5.91 Å². The number of Topliss-reactive ketones (excluding diaryl/α,β-unsaturated/α-hetero) is 1. The monoisotopic (exact) mass is 495 g/mol. The normalized spacial score (nSPS) is 11.6. The largest absolute Gasteiger partial charge is 0.435 e. The summed E-state index contributed by atoms with van der Waals surface area (Å²) < 4.78 is 43.8. The van der Waals surface area contributed by atoms with Crippen LogP contribution in [0.3, 0.4) is 0 Å². The van der Waals surface area contributed by atoms with Gasteiger partial charge in [-0.3, -0.25) is 19.1 Å². The molecule has 2 amide bonds. The first-order valence-electron chi connectivity index (χ1n) is 10.7. The Morgan fingerprint density at radius 3 is 2.28 bits per heavy atom. The molecular formula is C25H20F3N5O3. The van der Waals surface area contributed by atoms with E-state index in [9.17, 15) is 27.6 Å². The van der Waals surface area contributed by atoms with E-state index in [-0.39, 0.29) is 34.5 Å². The fraction of sp³-hybridized carbons (Fsp3) is 0.160. The van der Waals surface area contributed by atoms with E-state index < -0.39 is 40.5 Å². The summed E-state index contributed by atoms with van der Waals surface area (Å²) in [6.45, 7) is 2.63. The van der Waals surface area contributed by atoms with Gasteiger partial charge < -0.3 is 11.5 Å². The van der Waals surface area contributed by atoms with Crippen LogP contribution in [0, 0.1) is 6.92 Å². The molecule has 184 valence electrons. The number of primary amides is 2. The van der Waals surface area contributed by atoms with Crippen LogP contribution >= 0.6 is 0 Å². The SMILES string of the molecule is CC(=O)c1cccc(Cn2nc(C(F)(F)F)c(-c3c(C(N)=O)nc4ccccc4c3C(N)=O)c2C)c1. The number of para-hydroxylation sites is 1. The predicted molar refractivity (Wildman–Crippen MR) is 125 cm³/mol. The summed E-state index contributed by atoms with van der Waals surface area (Å²) in [7, 11) is 0. The minimum absolute atomic E-state index is 0.00219. The van der Waals surface area contributed by atoms with Gasteiger partial charge in [-0.2, -0.15) is 18.3 Å². The van der Waals surface area contributed by atoms with Gasteiger partial charge in [-0.1, -0.05) is 36.4 Å². The summed E-state index contributed by atoms with van der Waals surface area (Å²) in [5, 5.41) is 3.95. The summed E-state index contributed by atoms with van der Waals surface area (Å²) in [4.78, 5) is 40.8. The average Bonchev–Trinajstić information content (AvgIpc) is 3.13. The standard InChI is InChI=1S/C25H20F3N5O3/c1-12-18(20-19(23(29)35)16-8-3-4-9-17(16)31-21(20)24(30)36)22(25(26,27)28)32-33(12)11-14-6-5-7-15(10-14)13(2)34/h3-10H,11H2,1-2H3,(H2,29,35)(H2,30,36). The molecule has 8 nitrogen and oxygen atoms in total. The van der Waals surface area contributed by atoms with Crippen LogP contribution in [0.1, 0.15) is 55.1 Å². The number of hydrogen-bond acceptors (Lipinski definition) is 5. The zero-order chi connectivity index (χ0) is 26.4. The number of ketones is 1. The molecule has 0 spiro atoms. The number of aromatic nitrogens is 3. The fourth-order valence-corrected chi connectivity index (χ4v) is 4.15. The van der Waals surface area contributed by atoms with Gasteiger partial charge in [-0.25, -0.2) is 4.98 Å². The minimum Gasteiger partial charge on any atom is -0.366 e. The number of halogens is 3. The highest BCUT2D eigenvalue weighted by molar-refractivity contribution is 6.15. The number of hydrogen-bond donors (Lipinski definition) is 2. The third-order valence-electron chi connectivity index (χ3n) is 5.76. The molecule has 0 saturated carbocycles. The van der Waals surface area contributed by atoms with E-state index in [4.69, 9.17) is 11.5 Å². The van der Waals surface area contributed by atoms with Crippen LogP contribution in [0.4, 0.5) is 13.2 Å². The lowest BCUT2D eigenvalue weighted by Crippen LogP contribution is -2.21. The molecule has 0 atom stereocenters. The average molecular weight is 495 g/mol. The van der Waals surface area contributed by atoms with Gasteiger partial charge in [0.05, 0.1) is 17.6 Å². The summed E-state index contributed by atoms with van der Waals surface area (Å²) in [6, 6.07) is 12.5. The number of alkyl halides is 3. The Labute approximate surface area is 202 Å². The summed E-state index contributed by atoms with van der Waals surface area (Å²) in [5.41, 5.74) is 9.06. The van der Waals surface area contributed by atoms with E-state index >= 15 is 0 Å². The number of nitrogens with two attached hydrogens (primary N) is 2. The number of nitrogens with zero attached hydrogens (tertiary/aromatic N) is 3. The van der Waals surface area contributed by atoms with Crippen molar-refractivity contribution in [1.82, 2.24) is 14.8 Å². The second-order valence-electron chi connectivity index (χ2n) is 8.18. The zero-order valence-corrected chi connectivity index (χ0v) is 19.2. The molecule has 2 aromatic carbocycles. The topological polar surface area (TPSA) is 134 Å². The van der Waals surface area contributed by atoms with Crippen molar-refractivity contribution in [2.24, 2.45) is 11.5 Å². The van der Waals surface area contributed by atoms with Gasteiger partial charge in [0, 0.05) is 27.8 Å². The molecule has 11 heteroatoms. The Balaban J connectivity index is 2.06. The lowest BCUT2D eigenvalue weighted by molar-refractivity contribution is -0.141. The van der Waals surface area contributed by atoms with Gasteiger partial charge in [-0.05, 0) is 31.5 Å². The molecular weight excluding hydrogens is 475 g/mol. The molecule has 2 aromatic heterocycles. The second-order valence-corrected chi connectivity index (χ2v) is 8.18. The molecule has 4 aromatic rings. The number of carbonyl (C=O) groups excluding carboxylic acids is 3. The molecule has 0 aliphatic rings. The molecule has 0 aliphatic carbocycles. The predicted octanol–water partition coefficient (Wildman–Crippen LogP) is 3.87. The van der Waals surface area contributed by atoms with Gasteiger partial charge in [0.25, 0.3) is 5.91 Å². The van der Waals surface area contributed by atoms with Crippen molar-refractivity contribution < 1.29 is 27.6 Å². The number of pyridine rings is 1. The second kappa shape index (κ2) is 8.91. The molecule has 2 heterocycles. The van der Waals surface area contributed by atoms with Crippen molar-refractivity contribution >= 4 is 28.5 Å². The molecule has 0 bridgehead atoms. The van der Waals surface area contributed by atoms with Gasteiger partial charge in [0.15, 0.2) is 11.5 Å². The van der Waals surface area contributed by atoms with Crippen molar-refractivity contribution in [3.05, 3.63) is 82.3 Å². The van der Waals surface area contributed by atoms with Crippen LogP contribution in [0.5, 0.6) is 0 Å². The third kappa shape index (κ3) is 4.30. The summed E-state index contributed by atoms with van der Waals surface area (Å²) in [6.07, 6.45) is -4.96. The van der Waals surface area contributed by atoms with Crippen molar-refractivity contribution in [3.63, 3.8) is 0 Å². The van der Waals surface area contributed by atoms with Crippen molar-refractivity contribution in [3.8, 4) is 11.1 Å². The Bertz CT molecular complexity index is 1560. The molecule has 0 saturated heterocycles. The Hall–Kier alpha value is -4.54. The highest BCUT2D eigenvalue weighted by Crippen LogP contribution is 2.42. The first kappa shape index (κ1) is 24.6. The maximum Gasteiger partial charge on any atom is 0.435 e. The number of amides is 2. The smallest absolute Gasteiger partial charge is 0.366 e. The van der Waals surface area contributed by atoms with E-state index in [1.54, 1.807) is 36.4 Å². The maximum absolute atomic E-state index is 14.2. The van der Waals surface area contributed by atoms with E-state index in [0.717, 1.165) is 4.68 Å². The Morgan fingerprint density at radius 1 is 0.972 bits per heavy atom. The van der Waals surface area contributed by atoms with Crippen LogP contribution in [0.25, 0.3) is 22.0 Å². The maximum atomic E-state index is 14.2. The van der Waals surface area contributed by atoms with E-state index in [1.807, 2.05) is 0 Å². The van der Waals surface area contributed by atoms with Gasteiger partial charge >= 0.3 is 6.18 Å². The number of rotatable bonds is 6. The zero-order valence-electron chi connectivity index (χ0n) is 19.2. The van der Waals surface area contributed by atoms with Gasteiger partial charge in [0.1, 0.15) is 5.69 Å². The number of fused-ring (bicyclic) bond motifs is 1. The highest BCUT2D eigenvalue weighted by atomic mass is 19.4. The van der Waals surface area contributed by atoms with Crippen LogP contribution in [0.15, 0.2) is 48.5 Å². The van der Waals surface area contributed by atoms with Crippen LogP contribution in [-0.4, -0.2) is 32.4 Å². The molecule has 0 unspecified atom stereocenters. The number of carbonyl (C=O) groups is 3. The fourth-order valence-electron chi connectivity index (χ4n) is 4.15. The first-order chi connectivity index (χ1) is 16.9. The van der Waals surface area contributed by atoms with Crippen LogP contribution in [-0.2, 0) is 12.7 Å². The quantitative estimate of drug-likeness (QED) is 0.392. The van der Waals surface area contributed by atoms with E-state index in [0.29, 0.717) is 11.1 Å². The molecule has 4 rings (SSSR count). The molecule has 0 aliphatic heterocycles. The third-order valence-corrected chi connectivity index (χ3v) is 5.76. The van der Waals surface area contributed by atoms with E-state index in [1.165, 1.54) is 26.0 Å². The summed E-state index contributed by atoms with van der Waals surface area (Å²) in [5.74, 6) is -2.39. The Kier molecular flexibility index (Phi) is 6.09. The Morgan fingerprint density at radius 2 is 1.67 bits per heavy atom. The number of benzene rings is 2. The molecule has 0 radical (unpaired) electrons. The highest BCUT2D eigenvalue weighted by Gasteiger charge is 2.41. The molecule has 36 heavy (non-hydrogen) atoms.